The van der Waals surface area contributed by atoms with Crippen LogP contribution in [0.2, 0.25) is 5.02 Å². The third-order valence-corrected chi connectivity index (χ3v) is 2.21. The van der Waals surface area contributed by atoms with Crippen molar-refractivity contribution in [1.82, 2.24) is 4.98 Å². The second kappa shape index (κ2) is 3.82. The first-order valence-electron chi connectivity index (χ1n) is 3.16. The first-order chi connectivity index (χ1) is 6.31. The van der Waals surface area contributed by atoms with Crippen molar-refractivity contribution in [2.75, 3.05) is 5.73 Å². The van der Waals surface area contributed by atoms with Crippen molar-refractivity contribution in [2.45, 2.75) is 6.36 Å². The van der Waals surface area contributed by atoms with Crippen molar-refractivity contribution in [2.24, 2.45) is 0 Å². The number of nitrogens with two attached hydrogens (primary N) is 1. The molecule has 0 fully saturated rings. The number of ether oxygens (including phenoxy) is 1. The van der Waals surface area contributed by atoms with Crippen LogP contribution in [0.1, 0.15) is 0 Å². The van der Waals surface area contributed by atoms with Crippen LogP contribution in [0.4, 0.5) is 19.0 Å². The maximum absolute atomic E-state index is 11.9. The van der Waals surface area contributed by atoms with Gasteiger partial charge in [0.15, 0.2) is 5.75 Å². The van der Waals surface area contributed by atoms with Gasteiger partial charge in [-0.15, -0.1) is 13.2 Å². The predicted molar refractivity (Wildman–Crippen MR) is 48.0 cm³/mol. The average molecular weight is 291 g/mol. The van der Waals surface area contributed by atoms with Crippen molar-refractivity contribution < 1.29 is 17.9 Å². The van der Waals surface area contributed by atoms with Crippen LogP contribution in [0, 0.1) is 0 Å². The zero-order valence-electron chi connectivity index (χ0n) is 6.40. The number of hydrogen-bond donors (Lipinski definition) is 1. The van der Waals surface area contributed by atoms with Gasteiger partial charge in [0.2, 0.25) is 0 Å². The van der Waals surface area contributed by atoms with E-state index in [0.29, 0.717) is 0 Å². The van der Waals surface area contributed by atoms with Gasteiger partial charge in [-0.3, -0.25) is 0 Å². The van der Waals surface area contributed by atoms with Gasteiger partial charge in [0.25, 0.3) is 0 Å². The van der Waals surface area contributed by atoms with Crippen LogP contribution in [0.25, 0.3) is 0 Å². The number of alkyl halides is 3. The molecule has 0 amide bonds. The fraction of sp³-hybridized carbons (Fsp3) is 0.167. The molecule has 0 spiro atoms. The molecule has 0 aliphatic carbocycles. The second-order valence-electron chi connectivity index (χ2n) is 2.18. The smallest absolute Gasteiger partial charge is 0.403 e. The molecule has 1 heterocycles. The fourth-order valence-electron chi connectivity index (χ4n) is 0.672. The Balaban J connectivity index is 3.13. The summed E-state index contributed by atoms with van der Waals surface area (Å²) in [6.07, 6.45) is -3.84. The van der Waals surface area contributed by atoms with Gasteiger partial charge in [-0.2, -0.15) is 0 Å². The number of hydrogen-bond acceptors (Lipinski definition) is 3. The highest BCUT2D eigenvalue weighted by Gasteiger charge is 2.33. The number of nitrogen functional groups attached to an aromatic ring is 1. The molecule has 3 nitrogen and oxygen atoms in total. The third kappa shape index (κ3) is 2.65. The Kier molecular flexibility index (Phi) is 3.10. The quantitative estimate of drug-likeness (QED) is 0.865. The summed E-state index contributed by atoms with van der Waals surface area (Å²) in [5, 5.41) is -0.275. The highest BCUT2D eigenvalue weighted by Crippen LogP contribution is 2.38. The van der Waals surface area contributed by atoms with Crippen LogP contribution in [0.5, 0.6) is 5.75 Å². The van der Waals surface area contributed by atoms with Crippen molar-refractivity contribution in [3.05, 3.63) is 15.7 Å². The van der Waals surface area contributed by atoms with Crippen LogP contribution < -0.4 is 10.5 Å². The van der Waals surface area contributed by atoms with Crippen LogP contribution >= 0.6 is 27.5 Å². The minimum atomic E-state index is -4.82. The molecule has 0 unspecified atom stereocenters. The van der Waals surface area contributed by atoms with Gasteiger partial charge in [0.1, 0.15) is 15.3 Å². The summed E-state index contributed by atoms with van der Waals surface area (Å²) in [5.74, 6) is -0.722. The van der Waals surface area contributed by atoms with Crippen LogP contribution in [0.3, 0.4) is 0 Å². The van der Waals surface area contributed by atoms with Gasteiger partial charge < -0.3 is 10.5 Å². The monoisotopic (exact) mass is 290 g/mol. The number of anilines is 1. The fourth-order valence-corrected chi connectivity index (χ4v) is 1.36. The third-order valence-electron chi connectivity index (χ3n) is 1.18. The average Bonchev–Trinajstić information content (AvgIpc) is 2.04. The lowest BCUT2D eigenvalue weighted by Crippen LogP contribution is -2.18. The Labute approximate surface area is 90.1 Å². The molecule has 0 radical (unpaired) electrons. The van der Waals surface area contributed by atoms with E-state index in [4.69, 9.17) is 17.3 Å². The molecule has 0 aliphatic rings. The summed E-state index contributed by atoms with van der Waals surface area (Å²) in [5.41, 5.74) is 5.24. The second-order valence-corrected chi connectivity index (χ2v) is 3.38. The van der Waals surface area contributed by atoms with E-state index in [2.05, 4.69) is 25.7 Å². The lowest BCUT2D eigenvalue weighted by Gasteiger charge is -2.12. The SMILES string of the molecule is Nc1ncc(Cl)c(OC(F)(F)F)c1Br. The zero-order valence-corrected chi connectivity index (χ0v) is 8.74. The van der Waals surface area contributed by atoms with Gasteiger partial charge in [0.05, 0.1) is 6.20 Å². The molecule has 1 aromatic heterocycles. The number of halogens is 5. The van der Waals surface area contributed by atoms with Crippen molar-refractivity contribution in [3.63, 3.8) is 0 Å². The van der Waals surface area contributed by atoms with Crippen LogP contribution in [-0.4, -0.2) is 11.3 Å². The molecule has 0 saturated carbocycles. The first-order valence-corrected chi connectivity index (χ1v) is 4.33. The normalized spacial score (nSPS) is 11.5. The van der Waals surface area contributed by atoms with E-state index in [1.807, 2.05) is 0 Å². The maximum Gasteiger partial charge on any atom is 0.573 e. The van der Waals surface area contributed by atoms with Gasteiger partial charge >= 0.3 is 6.36 Å². The number of aromatic nitrogens is 1. The van der Waals surface area contributed by atoms with Crippen LogP contribution in [-0.2, 0) is 0 Å². The zero-order chi connectivity index (χ0) is 10.9. The van der Waals surface area contributed by atoms with Gasteiger partial charge in [0, 0.05) is 0 Å². The molecular formula is C6H3BrClF3N2O. The highest BCUT2D eigenvalue weighted by molar-refractivity contribution is 9.10. The molecule has 0 bridgehead atoms. The van der Waals surface area contributed by atoms with E-state index >= 15 is 0 Å². The van der Waals surface area contributed by atoms with Crippen molar-refractivity contribution >= 4 is 33.3 Å². The topological polar surface area (TPSA) is 48.1 Å². The Morgan fingerprint density at radius 1 is 1.50 bits per heavy atom. The molecule has 2 N–H and O–H groups in total. The molecule has 0 aliphatic heterocycles. The van der Waals surface area contributed by atoms with Crippen LogP contribution in [0.15, 0.2) is 10.7 Å². The Morgan fingerprint density at radius 2 is 2.07 bits per heavy atom. The summed E-state index contributed by atoms with van der Waals surface area (Å²) >= 11 is 8.22. The van der Waals surface area contributed by atoms with E-state index in [1.54, 1.807) is 0 Å². The minimum Gasteiger partial charge on any atom is -0.403 e. The minimum absolute atomic E-state index is 0.123. The molecule has 1 aromatic rings. The standard InChI is InChI=1S/C6H3BrClF3N2O/c7-3-4(14-6(9,10)11)2(8)1-13-5(3)12/h1H,(H2,12,13). The Morgan fingerprint density at radius 3 is 2.57 bits per heavy atom. The predicted octanol–water partition coefficient (Wildman–Crippen LogP) is 2.98. The molecule has 0 saturated heterocycles. The lowest BCUT2D eigenvalue weighted by atomic mass is 10.4. The van der Waals surface area contributed by atoms with Gasteiger partial charge in [-0.25, -0.2) is 4.98 Å². The Bertz CT molecular complexity index is 358. The summed E-state index contributed by atoms with van der Waals surface area (Å²) < 4.78 is 39.1. The molecule has 0 aromatic carbocycles. The van der Waals surface area contributed by atoms with Crippen molar-refractivity contribution in [3.8, 4) is 5.75 Å². The Hall–Kier alpha value is -0.690. The highest BCUT2D eigenvalue weighted by atomic mass is 79.9. The largest absolute Gasteiger partial charge is 0.573 e. The number of rotatable bonds is 1. The van der Waals surface area contributed by atoms with E-state index in [0.717, 1.165) is 6.20 Å². The molecule has 8 heteroatoms. The van der Waals surface area contributed by atoms with Crippen molar-refractivity contribution in [1.29, 1.82) is 0 Å². The summed E-state index contributed by atoms with van der Waals surface area (Å²) in [6.45, 7) is 0. The molecular weight excluding hydrogens is 288 g/mol. The van der Waals surface area contributed by atoms with E-state index in [1.165, 1.54) is 0 Å². The summed E-state index contributed by atoms with van der Waals surface area (Å²) in [7, 11) is 0. The summed E-state index contributed by atoms with van der Waals surface area (Å²) in [6, 6.07) is 0. The first kappa shape index (κ1) is 11.4. The lowest BCUT2D eigenvalue weighted by molar-refractivity contribution is -0.274. The molecule has 0 atom stereocenters. The number of nitrogens with zero attached hydrogens (tertiary/aromatic N) is 1. The molecule has 14 heavy (non-hydrogen) atoms. The van der Waals surface area contributed by atoms with E-state index in [-0.39, 0.29) is 15.3 Å². The van der Waals surface area contributed by atoms with E-state index in [9.17, 15) is 13.2 Å². The van der Waals surface area contributed by atoms with E-state index < -0.39 is 12.1 Å². The molecule has 1 rings (SSSR count). The molecule has 78 valence electrons. The van der Waals surface area contributed by atoms with Gasteiger partial charge in [-0.1, -0.05) is 11.6 Å². The summed E-state index contributed by atoms with van der Waals surface area (Å²) in [4.78, 5) is 3.52. The maximum atomic E-state index is 11.9. The van der Waals surface area contributed by atoms with Gasteiger partial charge in [-0.05, 0) is 15.9 Å². The number of pyridine rings is 1.